The summed E-state index contributed by atoms with van der Waals surface area (Å²) in [6.07, 6.45) is -1.70. The molecule has 0 aliphatic heterocycles. The quantitative estimate of drug-likeness (QED) is 0.179. The van der Waals surface area contributed by atoms with E-state index in [1.165, 1.54) is 0 Å². The van der Waals surface area contributed by atoms with Crippen LogP contribution in [0.25, 0.3) is 0 Å². The van der Waals surface area contributed by atoms with Crippen LogP contribution in [0.5, 0.6) is 5.75 Å². The van der Waals surface area contributed by atoms with E-state index in [0.29, 0.717) is 43.6 Å². The Kier molecular flexibility index (Phi) is 9.38. The van der Waals surface area contributed by atoms with E-state index in [2.05, 4.69) is 4.74 Å². The van der Waals surface area contributed by atoms with Gasteiger partial charge in [-0.15, -0.1) is 0 Å². The molecule has 0 spiro atoms. The molecule has 0 atom stereocenters. The van der Waals surface area contributed by atoms with Crippen LogP contribution in [-0.2, 0) is 23.7 Å². The maximum Gasteiger partial charge on any atom is 0.432 e. The molecule has 0 radical (unpaired) electrons. The second kappa shape index (κ2) is 12.6. The van der Waals surface area contributed by atoms with E-state index in [1.807, 2.05) is 6.92 Å². The number of ether oxygens (including phenoxy) is 2. The first-order chi connectivity index (χ1) is 19.0. The largest absolute Gasteiger partial charge is 0.432 e. The SMILES string of the molecule is CCOCC1CCC(c2cc(F)c(C(F)(F)Oc3ccc(CCc4cc(F)c(F)c(F)c4)c(F)c3)c(F)c2)CC1. The van der Waals surface area contributed by atoms with E-state index in [1.54, 1.807) is 0 Å². The first-order valence-electron chi connectivity index (χ1n) is 13.0. The lowest BCUT2D eigenvalue weighted by molar-refractivity contribution is -0.189. The molecule has 40 heavy (non-hydrogen) atoms. The molecule has 0 heterocycles. The molecule has 0 aromatic heterocycles. The lowest BCUT2D eigenvalue weighted by Crippen LogP contribution is -2.26. The van der Waals surface area contributed by atoms with E-state index < -0.39 is 52.3 Å². The second-order valence-electron chi connectivity index (χ2n) is 9.98. The average Bonchev–Trinajstić information content (AvgIpc) is 2.89. The molecule has 3 aromatic rings. The Morgan fingerprint density at radius 3 is 1.95 bits per heavy atom. The fourth-order valence-corrected chi connectivity index (χ4v) is 5.08. The summed E-state index contributed by atoms with van der Waals surface area (Å²) in [5, 5.41) is 0. The summed E-state index contributed by atoms with van der Waals surface area (Å²) < 4.78 is 124. The lowest BCUT2D eigenvalue weighted by atomic mass is 9.79. The Balaban J connectivity index is 1.43. The number of hydrogen-bond acceptors (Lipinski definition) is 2. The van der Waals surface area contributed by atoms with Gasteiger partial charge in [0.25, 0.3) is 0 Å². The molecule has 0 amide bonds. The van der Waals surface area contributed by atoms with Gasteiger partial charge in [0.15, 0.2) is 17.5 Å². The molecular formula is C30H28F8O2. The zero-order chi connectivity index (χ0) is 29.0. The molecule has 0 N–H and O–H groups in total. The maximum absolute atomic E-state index is 14.9. The third-order valence-corrected chi connectivity index (χ3v) is 7.23. The number of benzene rings is 3. The molecule has 1 aliphatic carbocycles. The Morgan fingerprint density at radius 1 is 0.750 bits per heavy atom. The highest BCUT2D eigenvalue weighted by atomic mass is 19.3. The van der Waals surface area contributed by atoms with Gasteiger partial charge in [0, 0.05) is 19.3 Å². The second-order valence-corrected chi connectivity index (χ2v) is 9.98. The van der Waals surface area contributed by atoms with Gasteiger partial charge in [-0.2, -0.15) is 8.78 Å². The Hall–Kier alpha value is -3.14. The van der Waals surface area contributed by atoms with Crippen molar-refractivity contribution in [3.8, 4) is 5.75 Å². The topological polar surface area (TPSA) is 18.5 Å². The summed E-state index contributed by atoms with van der Waals surface area (Å²) in [5.41, 5.74) is -1.22. The van der Waals surface area contributed by atoms with Gasteiger partial charge in [-0.25, -0.2) is 26.3 Å². The normalized spacial score (nSPS) is 17.7. The number of alkyl halides is 2. The van der Waals surface area contributed by atoms with E-state index >= 15 is 0 Å². The van der Waals surface area contributed by atoms with Crippen molar-refractivity contribution in [2.45, 2.75) is 57.5 Å². The minimum Gasteiger partial charge on any atom is -0.429 e. The molecule has 0 saturated heterocycles. The van der Waals surface area contributed by atoms with E-state index in [-0.39, 0.29) is 29.9 Å². The summed E-state index contributed by atoms with van der Waals surface area (Å²) >= 11 is 0. The van der Waals surface area contributed by atoms with Crippen LogP contribution < -0.4 is 4.74 Å². The third-order valence-electron chi connectivity index (χ3n) is 7.23. The predicted molar refractivity (Wildman–Crippen MR) is 132 cm³/mol. The zero-order valence-electron chi connectivity index (χ0n) is 21.7. The molecule has 1 saturated carbocycles. The molecule has 2 nitrogen and oxygen atoms in total. The molecule has 0 bridgehead atoms. The van der Waals surface area contributed by atoms with Crippen molar-refractivity contribution in [1.82, 2.24) is 0 Å². The Labute approximate surface area is 226 Å². The zero-order valence-corrected chi connectivity index (χ0v) is 21.7. The Morgan fingerprint density at radius 2 is 1.38 bits per heavy atom. The Bertz CT molecular complexity index is 1290. The van der Waals surface area contributed by atoms with Crippen molar-refractivity contribution in [2.24, 2.45) is 5.92 Å². The number of aryl methyl sites for hydroxylation is 2. The summed E-state index contributed by atoms with van der Waals surface area (Å²) in [4.78, 5) is 0. The van der Waals surface area contributed by atoms with Gasteiger partial charge >= 0.3 is 6.11 Å². The van der Waals surface area contributed by atoms with Gasteiger partial charge in [-0.1, -0.05) is 6.07 Å². The molecule has 3 aromatic carbocycles. The van der Waals surface area contributed by atoms with Crippen LogP contribution in [0.2, 0.25) is 0 Å². The van der Waals surface area contributed by atoms with Gasteiger partial charge in [0.2, 0.25) is 0 Å². The van der Waals surface area contributed by atoms with Crippen LogP contribution in [0.4, 0.5) is 35.1 Å². The van der Waals surface area contributed by atoms with Crippen molar-refractivity contribution in [1.29, 1.82) is 0 Å². The number of rotatable bonds is 10. The van der Waals surface area contributed by atoms with Gasteiger partial charge in [-0.3, -0.25) is 0 Å². The van der Waals surface area contributed by atoms with Crippen LogP contribution in [0.3, 0.4) is 0 Å². The monoisotopic (exact) mass is 572 g/mol. The summed E-state index contributed by atoms with van der Waals surface area (Å²) in [6.45, 7) is 3.12. The van der Waals surface area contributed by atoms with Crippen LogP contribution in [0.1, 0.15) is 60.8 Å². The molecule has 10 heteroatoms. The average molecular weight is 573 g/mol. The van der Waals surface area contributed by atoms with E-state index in [4.69, 9.17) is 4.74 Å². The van der Waals surface area contributed by atoms with Crippen molar-refractivity contribution < 1.29 is 44.6 Å². The number of hydrogen-bond donors (Lipinski definition) is 0. The molecule has 1 aliphatic rings. The van der Waals surface area contributed by atoms with Crippen molar-refractivity contribution in [2.75, 3.05) is 13.2 Å². The fraction of sp³-hybridized carbons (Fsp3) is 0.400. The smallest absolute Gasteiger partial charge is 0.429 e. The van der Waals surface area contributed by atoms with Crippen LogP contribution in [-0.4, -0.2) is 13.2 Å². The third kappa shape index (κ3) is 6.95. The van der Waals surface area contributed by atoms with Gasteiger partial charge in [0.1, 0.15) is 28.8 Å². The van der Waals surface area contributed by atoms with E-state index in [0.717, 1.165) is 49.2 Å². The molecular weight excluding hydrogens is 544 g/mol. The maximum atomic E-state index is 14.9. The lowest BCUT2D eigenvalue weighted by Gasteiger charge is -2.29. The van der Waals surface area contributed by atoms with Crippen LogP contribution >= 0.6 is 0 Å². The molecule has 216 valence electrons. The van der Waals surface area contributed by atoms with Crippen LogP contribution in [0.15, 0.2) is 42.5 Å². The van der Waals surface area contributed by atoms with Crippen molar-refractivity contribution >= 4 is 0 Å². The van der Waals surface area contributed by atoms with Gasteiger partial charge < -0.3 is 9.47 Å². The minimum atomic E-state index is -4.45. The highest BCUT2D eigenvalue weighted by Crippen LogP contribution is 2.40. The molecule has 0 unspecified atom stereocenters. The van der Waals surface area contributed by atoms with Gasteiger partial charge in [-0.05, 0) is 104 Å². The minimum absolute atomic E-state index is 0.00139. The first kappa shape index (κ1) is 29.8. The molecule has 4 rings (SSSR count). The first-order valence-corrected chi connectivity index (χ1v) is 13.0. The fourth-order valence-electron chi connectivity index (χ4n) is 5.08. The highest BCUT2D eigenvalue weighted by molar-refractivity contribution is 5.34. The van der Waals surface area contributed by atoms with Gasteiger partial charge in [0.05, 0.1) is 0 Å². The van der Waals surface area contributed by atoms with E-state index in [9.17, 15) is 35.1 Å². The molecule has 1 fully saturated rings. The summed E-state index contributed by atoms with van der Waals surface area (Å²) in [7, 11) is 0. The summed E-state index contributed by atoms with van der Waals surface area (Å²) in [5.74, 6) is -8.82. The standard InChI is InChI=1S/C30H28F8O2/c1-2-39-16-17-3-6-19(7-4-17)21-13-24(32)28(25(33)14-21)30(37,38)40-22-10-9-20(23(31)15-22)8-5-18-11-26(34)29(36)27(35)12-18/h9-15,17,19H,2-8,16H2,1H3. The van der Waals surface area contributed by atoms with Crippen molar-refractivity contribution in [3.63, 3.8) is 0 Å². The highest BCUT2D eigenvalue weighted by Gasteiger charge is 2.41. The summed E-state index contributed by atoms with van der Waals surface area (Å²) in [6, 6.07) is 6.06. The number of halogens is 8. The van der Waals surface area contributed by atoms with Crippen LogP contribution in [0, 0.1) is 40.8 Å². The predicted octanol–water partition coefficient (Wildman–Crippen LogP) is 8.75. The van der Waals surface area contributed by atoms with Crippen molar-refractivity contribution in [3.05, 3.63) is 99.6 Å².